The van der Waals surface area contributed by atoms with Gasteiger partial charge in [-0.05, 0) is 91.1 Å². The van der Waals surface area contributed by atoms with Gasteiger partial charge in [0.25, 0.3) is 0 Å². The zero-order chi connectivity index (χ0) is 23.3. The third kappa shape index (κ3) is 5.76. The van der Waals surface area contributed by atoms with Crippen molar-refractivity contribution in [2.24, 2.45) is 0 Å². The number of rotatable bonds is 9. The quantitative estimate of drug-likeness (QED) is 0.299. The van der Waals surface area contributed by atoms with Crippen molar-refractivity contribution in [1.29, 1.82) is 0 Å². The lowest BCUT2D eigenvalue weighted by Crippen LogP contribution is -2.04. The molecule has 0 heterocycles. The predicted octanol–water partition coefficient (Wildman–Crippen LogP) is 7.47. The Morgan fingerprint density at radius 3 is 1.38 bits per heavy atom. The van der Waals surface area contributed by atoms with Crippen LogP contribution in [0.3, 0.4) is 0 Å². The van der Waals surface area contributed by atoms with E-state index >= 15 is 0 Å². The van der Waals surface area contributed by atoms with Gasteiger partial charge in [-0.15, -0.1) is 0 Å². The molecule has 0 nitrogen and oxygen atoms in total. The fraction of sp³-hybridized carbons (Fsp3) is 0.333. The van der Waals surface area contributed by atoms with Crippen molar-refractivity contribution in [3.05, 3.63) is 105 Å². The predicted molar refractivity (Wildman–Crippen MR) is 117 cm³/mol. The second-order valence-corrected chi connectivity index (χ2v) is 8.11. The smallest absolute Gasteiger partial charge is 0.129 e. The number of hydrogen-bond donors (Lipinski definition) is 0. The van der Waals surface area contributed by atoms with E-state index in [1.165, 1.54) is 30.3 Å². The van der Waals surface area contributed by atoms with E-state index in [1.54, 1.807) is 12.1 Å². The molecule has 0 aliphatic rings. The number of benzene rings is 3. The second-order valence-electron chi connectivity index (χ2n) is 8.11. The van der Waals surface area contributed by atoms with Gasteiger partial charge < -0.3 is 0 Å². The Kier molecular flexibility index (Phi) is 8.05. The zero-order valence-electron chi connectivity index (χ0n) is 18.4. The van der Waals surface area contributed by atoms with Crippen molar-refractivity contribution in [1.82, 2.24) is 0 Å². The summed E-state index contributed by atoms with van der Waals surface area (Å²) in [5.41, 5.74) is 2.04. The Bertz CT molecular complexity index is 1040. The summed E-state index contributed by atoms with van der Waals surface area (Å²) in [5, 5.41) is 0. The summed E-state index contributed by atoms with van der Waals surface area (Å²) in [6.45, 7) is 3.78. The second kappa shape index (κ2) is 10.8. The molecule has 0 radical (unpaired) electrons. The molecule has 0 unspecified atom stereocenters. The molecular formula is C27H27F5. The molecule has 0 aromatic heterocycles. The molecule has 0 spiro atoms. The van der Waals surface area contributed by atoms with E-state index in [4.69, 9.17) is 0 Å². The molecule has 0 atom stereocenters. The van der Waals surface area contributed by atoms with Crippen LogP contribution in [0, 0.1) is 29.1 Å². The van der Waals surface area contributed by atoms with E-state index in [0.29, 0.717) is 41.5 Å². The van der Waals surface area contributed by atoms with Crippen molar-refractivity contribution in [3.8, 4) is 0 Å². The van der Waals surface area contributed by atoms with Gasteiger partial charge in [0.2, 0.25) is 0 Å². The maximum Gasteiger partial charge on any atom is 0.129 e. The average molecular weight is 447 g/mol. The molecule has 0 saturated heterocycles. The Balaban J connectivity index is 1.69. The molecule has 170 valence electrons. The van der Waals surface area contributed by atoms with Crippen LogP contribution in [-0.2, 0) is 38.5 Å². The lowest BCUT2D eigenvalue weighted by molar-refractivity contribution is 0.544. The minimum absolute atomic E-state index is 0.00531. The molecule has 5 heteroatoms. The highest BCUT2D eigenvalue weighted by atomic mass is 19.1. The Hall–Kier alpha value is -2.69. The van der Waals surface area contributed by atoms with Gasteiger partial charge >= 0.3 is 0 Å². The first kappa shape index (κ1) is 24.0. The minimum atomic E-state index is -0.704. The molecule has 0 aliphatic carbocycles. The van der Waals surface area contributed by atoms with Crippen LogP contribution >= 0.6 is 0 Å². The molecule has 0 aliphatic heterocycles. The number of hydrogen-bond acceptors (Lipinski definition) is 0. The highest BCUT2D eigenvalue weighted by molar-refractivity contribution is 5.31. The van der Waals surface area contributed by atoms with E-state index in [-0.39, 0.29) is 36.2 Å². The van der Waals surface area contributed by atoms with Crippen LogP contribution in [0.1, 0.15) is 53.6 Å². The van der Waals surface area contributed by atoms with E-state index in [1.807, 2.05) is 13.8 Å². The topological polar surface area (TPSA) is 0 Å². The monoisotopic (exact) mass is 446 g/mol. The summed E-state index contributed by atoms with van der Waals surface area (Å²) in [6, 6.07) is 9.91. The van der Waals surface area contributed by atoms with Crippen molar-refractivity contribution in [3.63, 3.8) is 0 Å². The van der Waals surface area contributed by atoms with Crippen LogP contribution in [0.4, 0.5) is 22.0 Å². The molecule has 3 aromatic carbocycles. The lowest BCUT2D eigenvalue weighted by atomic mass is 9.97. The first-order valence-corrected chi connectivity index (χ1v) is 11.0. The molecular weight excluding hydrogens is 419 g/mol. The van der Waals surface area contributed by atoms with E-state index in [2.05, 4.69) is 0 Å². The Morgan fingerprint density at radius 2 is 0.938 bits per heavy atom. The van der Waals surface area contributed by atoms with E-state index in [9.17, 15) is 22.0 Å². The van der Waals surface area contributed by atoms with Gasteiger partial charge in [0.05, 0.1) is 0 Å². The van der Waals surface area contributed by atoms with Gasteiger partial charge in [-0.25, -0.2) is 22.0 Å². The van der Waals surface area contributed by atoms with Gasteiger partial charge in [0, 0.05) is 11.1 Å². The van der Waals surface area contributed by atoms with Gasteiger partial charge in [-0.3, -0.25) is 0 Å². The molecule has 0 saturated carbocycles. The summed E-state index contributed by atoms with van der Waals surface area (Å²) in [7, 11) is 0. The van der Waals surface area contributed by atoms with Crippen molar-refractivity contribution in [2.45, 2.75) is 58.8 Å². The van der Waals surface area contributed by atoms with Crippen LogP contribution in [-0.4, -0.2) is 0 Å². The highest BCUT2D eigenvalue weighted by Crippen LogP contribution is 2.22. The van der Waals surface area contributed by atoms with E-state index < -0.39 is 23.3 Å². The van der Waals surface area contributed by atoms with Gasteiger partial charge in [0.1, 0.15) is 29.1 Å². The summed E-state index contributed by atoms with van der Waals surface area (Å²) < 4.78 is 71.6. The van der Waals surface area contributed by atoms with Crippen LogP contribution in [0.2, 0.25) is 0 Å². The zero-order valence-corrected chi connectivity index (χ0v) is 18.4. The third-order valence-electron chi connectivity index (χ3n) is 5.77. The normalized spacial score (nSPS) is 11.2. The fourth-order valence-electron chi connectivity index (χ4n) is 3.94. The largest absolute Gasteiger partial charge is 0.207 e. The Morgan fingerprint density at radius 1 is 0.500 bits per heavy atom. The van der Waals surface area contributed by atoms with Gasteiger partial charge in [-0.2, -0.15) is 0 Å². The first-order valence-electron chi connectivity index (χ1n) is 11.0. The van der Waals surface area contributed by atoms with E-state index in [0.717, 1.165) is 6.42 Å². The molecule has 0 amide bonds. The average Bonchev–Trinajstić information content (AvgIpc) is 2.73. The molecule has 0 fully saturated rings. The summed E-state index contributed by atoms with van der Waals surface area (Å²) >= 11 is 0. The third-order valence-corrected chi connectivity index (χ3v) is 5.77. The van der Waals surface area contributed by atoms with Gasteiger partial charge in [0.15, 0.2) is 0 Å². The first-order chi connectivity index (χ1) is 15.3. The van der Waals surface area contributed by atoms with Crippen LogP contribution < -0.4 is 0 Å². The molecule has 3 aromatic rings. The molecule has 3 rings (SSSR count). The van der Waals surface area contributed by atoms with Crippen LogP contribution in [0.15, 0.2) is 42.5 Å². The molecule has 0 N–H and O–H groups in total. The minimum Gasteiger partial charge on any atom is -0.207 e. The fourth-order valence-corrected chi connectivity index (χ4v) is 3.94. The van der Waals surface area contributed by atoms with Crippen LogP contribution in [0.5, 0.6) is 0 Å². The maximum absolute atomic E-state index is 14.6. The molecule has 0 bridgehead atoms. The SMILES string of the molecule is CCCc1cc(F)c(CCc2cc(F)c(CCc3ccc(CC)c(F)c3)c(F)c2)c(F)c1. The highest BCUT2D eigenvalue weighted by Gasteiger charge is 2.15. The number of halogens is 5. The summed E-state index contributed by atoms with van der Waals surface area (Å²) in [4.78, 5) is 0. The maximum atomic E-state index is 14.6. The summed E-state index contributed by atoms with van der Waals surface area (Å²) in [5.74, 6) is -2.99. The van der Waals surface area contributed by atoms with Crippen LogP contribution in [0.25, 0.3) is 0 Å². The van der Waals surface area contributed by atoms with Gasteiger partial charge in [-0.1, -0.05) is 32.4 Å². The summed E-state index contributed by atoms with van der Waals surface area (Å²) in [6.07, 6.45) is 2.45. The van der Waals surface area contributed by atoms with Crippen molar-refractivity contribution in [2.75, 3.05) is 0 Å². The number of aryl methyl sites for hydroxylation is 4. The van der Waals surface area contributed by atoms with Crippen molar-refractivity contribution < 1.29 is 22.0 Å². The lowest BCUT2D eigenvalue weighted by Gasteiger charge is -2.11. The van der Waals surface area contributed by atoms with Crippen molar-refractivity contribution >= 4 is 0 Å². The molecule has 32 heavy (non-hydrogen) atoms. The Labute approximate surface area is 186 Å². The standard InChI is InChI=1S/C27H27F5/c1-3-5-18-13-24(29)22(25(30)14-18)11-8-19-15-26(31)21(27(32)16-19)10-7-17-6-9-20(4-2)23(28)12-17/h6,9,12-16H,3-5,7-8,10-11H2,1-2H3.